The zero-order valence-corrected chi connectivity index (χ0v) is 13.0. The Morgan fingerprint density at radius 1 is 0.958 bits per heavy atom. The maximum atomic E-state index is 5.87. The SMILES string of the molecule is Cc1nc(N)nc(-c2ccc3c(c2)OCO3)c1-c1ccc(N)nc1. The Balaban J connectivity index is 1.93. The van der Waals surface area contributed by atoms with Crippen molar-refractivity contribution in [2.75, 3.05) is 18.3 Å². The largest absolute Gasteiger partial charge is 0.454 e. The molecule has 0 aliphatic carbocycles. The molecule has 0 bridgehead atoms. The quantitative estimate of drug-likeness (QED) is 0.746. The highest BCUT2D eigenvalue weighted by atomic mass is 16.7. The molecular formula is C17H15N5O2. The van der Waals surface area contributed by atoms with Gasteiger partial charge in [0.25, 0.3) is 0 Å². The number of anilines is 2. The highest BCUT2D eigenvalue weighted by Gasteiger charge is 2.19. The normalized spacial score (nSPS) is 12.4. The smallest absolute Gasteiger partial charge is 0.231 e. The average molecular weight is 321 g/mol. The fourth-order valence-electron chi connectivity index (χ4n) is 2.75. The molecular weight excluding hydrogens is 306 g/mol. The first-order valence-electron chi connectivity index (χ1n) is 7.38. The van der Waals surface area contributed by atoms with Gasteiger partial charge in [0, 0.05) is 22.9 Å². The van der Waals surface area contributed by atoms with Crippen LogP contribution in [0.15, 0.2) is 36.5 Å². The number of nitrogens with zero attached hydrogens (tertiary/aromatic N) is 3. The first-order valence-corrected chi connectivity index (χ1v) is 7.38. The molecule has 24 heavy (non-hydrogen) atoms. The van der Waals surface area contributed by atoms with Crippen LogP contribution in [0.2, 0.25) is 0 Å². The van der Waals surface area contributed by atoms with Gasteiger partial charge in [-0.3, -0.25) is 0 Å². The molecule has 1 aliphatic rings. The first kappa shape index (κ1) is 14.3. The van der Waals surface area contributed by atoms with Crippen molar-refractivity contribution < 1.29 is 9.47 Å². The van der Waals surface area contributed by atoms with Gasteiger partial charge in [-0.15, -0.1) is 0 Å². The minimum atomic E-state index is 0.215. The van der Waals surface area contributed by atoms with E-state index in [0.29, 0.717) is 23.0 Å². The summed E-state index contributed by atoms with van der Waals surface area (Å²) in [5.41, 5.74) is 15.6. The summed E-state index contributed by atoms with van der Waals surface area (Å²) < 4.78 is 10.8. The van der Waals surface area contributed by atoms with Gasteiger partial charge >= 0.3 is 0 Å². The van der Waals surface area contributed by atoms with Crippen LogP contribution in [0.25, 0.3) is 22.4 Å². The molecule has 0 atom stereocenters. The third kappa shape index (κ3) is 2.36. The first-order chi connectivity index (χ1) is 11.6. The van der Waals surface area contributed by atoms with E-state index in [9.17, 15) is 0 Å². The maximum absolute atomic E-state index is 5.87. The fourth-order valence-corrected chi connectivity index (χ4v) is 2.75. The zero-order valence-electron chi connectivity index (χ0n) is 13.0. The van der Waals surface area contributed by atoms with Gasteiger partial charge in [0.1, 0.15) is 5.82 Å². The molecule has 7 heteroatoms. The number of ether oxygens (including phenoxy) is 2. The Hall–Kier alpha value is -3.35. The van der Waals surface area contributed by atoms with Crippen LogP contribution >= 0.6 is 0 Å². The van der Waals surface area contributed by atoms with E-state index in [1.807, 2.05) is 31.2 Å². The van der Waals surface area contributed by atoms with Crippen LogP contribution in [0.3, 0.4) is 0 Å². The van der Waals surface area contributed by atoms with E-state index in [1.54, 1.807) is 12.3 Å². The van der Waals surface area contributed by atoms with Crippen LogP contribution in [0.5, 0.6) is 11.5 Å². The molecule has 0 amide bonds. The van der Waals surface area contributed by atoms with Crippen LogP contribution in [0.4, 0.5) is 11.8 Å². The van der Waals surface area contributed by atoms with Crippen molar-refractivity contribution in [2.45, 2.75) is 6.92 Å². The van der Waals surface area contributed by atoms with Crippen molar-refractivity contribution in [1.82, 2.24) is 15.0 Å². The van der Waals surface area contributed by atoms with Crippen molar-refractivity contribution in [3.05, 3.63) is 42.2 Å². The Kier molecular flexibility index (Phi) is 3.19. The van der Waals surface area contributed by atoms with Crippen molar-refractivity contribution in [1.29, 1.82) is 0 Å². The standard InChI is InChI=1S/C17H15N5O2/c1-9-15(11-3-5-14(18)20-7-11)16(22-17(19)21-9)10-2-4-12-13(6-10)24-8-23-12/h2-7H,8H2,1H3,(H2,18,20)(H2,19,21,22). The number of hydrogen-bond donors (Lipinski definition) is 2. The lowest BCUT2D eigenvalue weighted by atomic mass is 9.99. The van der Waals surface area contributed by atoms with E-state index < -0.39 is 0 Å². The molecule has 2 aromatic heterocycles. The number of nitrogen functional groups attached to an aromatic ring is 2. The third-order valence-electron chi connectivity index (χ3n) is 3.83. The van der Waals surface area contributed by atoms with Gasteiger partial charge in [-0.05, 0) is 37.3 Å². The molecule has 0 saturated heterocycles. The molecule has 3 aromatic rings. The summed E-state index contributed by atoms with van der Waals surface area (Å²) in [5, 5.41) is 0. The van der Waals surface area contributed by atoms with Crippen LogP contribution < -0.4 is 20.9 Å². The highest BCUT2D eigenvalue weighted by Crippen LogP contribution is 2.39. The van der Waals surface area contributed by atoms with Gasteiger partial charge in [0.15, 0.2) is 11.5 Å². The van der Waals surface area contributed by atoms with Crippen molar-refractivity contribution >= 4 is 11.8 Å². The number of aryl methyl sites for hydroxylation is 1. The van der Waals surface area contributed by atoms with Crippen molar-refractivity contribution in [2.24, 2.45) is 0 Å². The Bertz CT molecular complexity index is 925. The summed E-state index contributed by atoms with van der Waals surface area (Å²) in [4.78, 5) is 12.9. The van der Waals surface area contributed by atoms with Crippen LogP contribution in [0, 0.1) is 6.92 Å². The lowest BCUT2D eigenvalue weighted by Gasteiger charge is -2.13. The molecule has 1 aromatic carbocycles. The van der Waals surface area contributed by atoms with E-state index in [1.165, 1.54) is 0 Å². The number of rotatable bonds is 2. The zero-order chi connectivity index (χ0) is 16.7. The molecule has 7 nitrogen and oxygen atoms in total. The van der Waals surface area contributed by atoms with Crippen molar-refractivity contribution in [3.8, 4) is 33.9 Å². The molecule has 3 heterocycles. The summed E-state index contributed by atoms with van der Waals surface area (Å²) in [6.07, 6.45) is 1.70. The minimum Gasteiger partial charge on any atom is -0.454 e. The molecule has 0 fully saturated rings. The predicted molar refractivity (Wildman–Crippen MR) is 90.4 cm³/mol. The lowest BCUT2D eigenvalue weighted by molar-refractivity contribution is 0.174. The summed E-state index contributed by atoms with van der Waals surface area (Å²) in [6.45, 7) is 2.11. The Morgan fingerprint density at radius 3 is 2.54 bits per heavy atom. The van der Waals surface area contributed by atoms with Gasteiger partial charge in [-0.1, -0.05) is 0 Å². The second kappa shape index (κ2) is 5.38. The minimum absolute atomic E-state index is 0.215. The van der Waals surface area contributed by atoms with Crippen molar-refractivity contribution in [3.63, 3.8) is 0 Å². The Labute approximate surface area is 138 Å². The van der Waals surface area contributed by atoms with E-state index >= 15 is 0 Å². The highest BCUT2D eigenvalue weighted by molar-refractivity contribution is 5.83. The molecule has 4 rings (SSSR count). The topological polar surface area (TPSA) is 109 Å². The van der Waals surface area contributed by atoms with Gasteiger partial charge in [-0.2, -0.15) is 0 Å². The van der Waals surface area contributed by atoms with Gasteiger partial charge in [0.2, 0.25) is 12.7 Å². The van der Waals surface area contributed by atoms with E-state index in [4.69, 9.17) is 20.9 Å². The lowest BCUT2D eigenvalue weighted by Crippen LogP contribution is -2.03. The monoisotopic (exact) mass is 321 g/mol. The molecule has 0 unspecified atom stereocenters. The summed E-state index contributed by atoms with van der Waals surface area (Å²) in [6, 6.07) is 9.30. The summed E-state index contributed by atoms with van der Waals surface area (Å²) in [7, 11) is 0. The third-order valence-corrected chi connectivity index (χ3v) is 3.83. The second-order valence-corrected chi connectivity index (χ2v) is 5.43. The summed E-state index contributed by atoms with van der Waals surface area (Å²) >= 11 is 0. The number of fused-ring (bicyclic) bond motifs is 1. The second-order valence-electron chi connectivity index (χ2n) is 5.43. The molecule has 0 spiro atoms. The van der Waals surface area contributed by atoms with Crippen LogP contribution in [-0.2, 0) is 0 Å². The molecule has 4 N–H and O–H groups in total. The van der Waals surface area contributed by atoms with Gasteiger partial charge < -0.3 is 20.9 Å². The maximum Gasteiger partial charge on any atom is 0.231 e. The molecule has 120 valence electrons. The van der Waals surface area contributed by atoms with E-state index in [0.717, 1.165) is 22.4 Å². The van der Waals surface area contributed by atoms with Crippen LogP contribution in [0.1, 0.15) is 5.69 Å². The van der Waals surface area contributed by atoms with Gasteiger partial charge in [0.05, 0.1) is 11.4 Å². The Morgan fingerprint density at radius 2 is 1.75 bits per heavy atom. The number of pyridine rings is 1. The average Bonchev–Trinajstić information content (AvgIpc) is 3.03. The number of aromatic nitrogens is 3. The van der Waals surface area contributed by atoms with E-state index in [2.05, 4.69) is 15.0 Å². The van der Waals surface area contributed by atoms with Gasteiger partial charge in [-0.25, -0.2) is 15.0 Å². The molecule has 0 radical (unpaired) electrons. The molecule has 1 aliphatic heterocycles. The molecule has 0 saturated carbocycles. The number of nitrogens with two attached hydrogens (primary N) is 2. The number of benzene rings is 1. The fraction of sp³-hybridized carbons (Fsp3) is 0.118. The van der Waals surface area contributed by atoms with E-state index in [-0.39, 0.29) is 12.7 Å². The summed E-state index contributed by atoms with van der Waals surface area (Å²) in [5.74, 6) is 2.07. The predicted octanol–water partition coefficient (Wildman–Crippen LogP) is 2.41. The van der Waals surface area contributed by atoms with Crippen LogP contribution in [-0.4, -0.2) is 21.7 Å². The number of hydrogen-bond acceptors (Lipinski definition) is 7.